The molecule has 2 N–H and O–H groups in total. The van der Waals surface area contributed by atoms with E-state index in [2.05, 4.69) is 15.7 Å². The number of alkyl halides is 3. The molecule has 170 valence electrons. The first-order valence-electron chi connectivity index (χ1n) is 10.5. The lowest BCUT2D eigenvalue weighted by atomic mass is 9.60. The van der Waals surface area contributed by atoms with Crippen molar-refractivity contribution in [3.05, 3.63) is 41.6 Å². The number of aromatic nitrogens is 2. The van der Waals surface area contributed by atoms with Gasteiger partial charge in [-0.05, 0) is 37.5 Å². The van der Waals surface area contributed by atoms with E-state index in [1.807, 2.05) is 9.58 Å². The number of hydrogen-bond donors (Lipinski definition) is 2. The van der Waals surface area contributed by atoms with Gasteiger partial charge in [0.1, 0.15) is 5.03 Å². The molecule has 11 heteroatoms. The molecule has 2 aromatic rings. The van der Waals surface area contributed by atoms with Gasteiger partial charge in [-0.3, -0.25) is 9.48 Å². The van der Waals surface area contributed by atoms with Gasteiger partial charge in [0.2, 0.25) is 0 Å². The van der Waals surface area contributed by atoms with Gasteiger partial charge < -0.3 is 15.5 Å². The topological polar surface area (TPSA) is 79.3 Å². The van der Waals surface area contributed by atoms with Crippen molar-refractivity contribution in [2.45, 2.75) is 43.1 Å². The second-order valence-electron chi connectivity index (χ2n) is 8.73. The Labute approximate surface area is 186 Å². The minimum atomic E-state index is -4.46. The number of nitrogens with one attached hydrogen (secondary N) is 2. The number of halogens is 3. The Morgan fingerprint density at radius 3 is 2.75 bits per heavy atom. The van der Waals surface area contributed by atoms with Crippen LogP contribution in [0.4, 0.5) is 23.7 Å². The summed E-state index contributed by atoms with van der Waals surface area (Å²) in [5.74, 6) is 0.996. The minimum Gasteiger partial charge on any atom is -0.337 e. The molecule has 1 aromatic carbocycles. The largest absolute Gasteiger partial charge is 0.416 e. The Morgan fingerprint density at radius 2 is 2.00 bits per heavy atom. The summed E-state index contributed by atoms with van der Waals surface area (Å²) >= 11 is 1.67. The molecule has 5 rings (SSSR count). The fraction of sp³-hybridized carbons (Fsp3) is 0.476. The van der Waals surface area contributed by atoms with Crippen molar-refractivity contribution < 1.29 is 22.8 Å². The summed E-state index contributed by atoms with van der Waals surface area (Å²) in [6, 6.07) is 3.96. The van der Waals surface area contributed by atoms with E-state index in [4.69, 9.17) is 0 Å². The molecule has 7 nitrogen and oxygen atoms in total. The van der Waals surface area contributed by atoms with Crippen molar-refractivity contribution in [2.24, 2.45) is 5.41 Å². The van der Waals surface area contributed by atoms with E-state index < -0.39 is 17.8 Å². The number of fused-ring (bicyclic) bond motifs is 1. The Morgan fingerprint density at radius 1 is 1.22 bits per heavy atom. The van der Waals surface area contributed by atoms with E-state index in [1.165, 1.54) is 12.1 Å². The lowest BCUT2D eigenvalue weighted by Crippen LogP contribution is -2.67. The number of carbonyl (C=O) groups is 2. The highest BCUT2D eigenvalue weighted by atomic mass is 32.2. The van der Waals surface area contributed by atoms with Crippen LogP contribution in [0.5, 0.6) is 0 Å². The van der Waals surface area contributed by atoms with Crippen molar-refractivity contribution in [3.63, 3.8) is 0 Å². The zero-order valence-corrected chi connectivity index (χ0v) is 17.9. The molecule has 32 heavy (non-hydrogen) atoms. The third-order valence-electron chi connectivity index (χ3n) is 6.26. The van der Waals surface area contributed by atoms with Crippen LogP contribution >= 0.6 is 11.8 Å². The highest BCUT2D eigenvalue weighted by Crippen LogP contribution is 2.49. The molecule has 0 bridgehead atoms. The van der Waals surface area contributed by atoms with Gasteiger partial charge >= 0.3 is 12.2 Å². The summed E-state index contributed by atoms with van der Waals surface area (Å²) in [4.78, 5) is 26.9. The van der Waals surface area contributed by atoms with Crippen LogP contribution in [0, 0.1) is 5.41 Å². The number of thioether (sulfide) groups is 1. The summed E-state index contributed by atoms with van der Waals surface area (Å²) in [6.45, 7) is 2.14. The van der Waals surface area contributed by atoms with Gasteiger partial charge in [0.05, 0.1) is 17.3 Å². The maximum absolute atomic E-state index is 12.8. The molecule has 1 saturated heterocycles. The molecule has 1 saturated carbocycles. The first-order valence-corrected chi connectivity index (χ1v) is 11.4. The minimum absolute atomic E-state index is 0.00461. The van der Waals surface area contributed by atoms with Gasteiger partial charge in [-0.2, -0.15) is 18.3 Å². The van der Waals surface area contributed by atoms with E-state index in [9.17, 15) is 22.8 Å². The van der Waals surface area contributed by atoms with Gasteiger partial charge in [0.15, 0.2) is 0 Å². The summed E-state index contributed by atoms with van der Waals surface area (Å²) in [5, 5.41) is 10.5. The van der Waals surface area contributed by atoms with Crippen LogP contribution in [0.25, 0.3) is 0 Å². The molecule has 1 aliphatic carbocycles. The molecular formula is C21H22F3N5O2S. The third kappa shape index (κ3) is 3.94. The third-order valence-corrected chi connectivity index (χ3v) is 7.45. The standard InChI is InChI=1S/C21H22F3N5O2S/c22-21(23,24)13-3-1-4-14(7-13)26-19(31)27-15-8-20(9-15)11-28(12-20)17(30)16-10-25-29-5-2-6-32-18(16)29/h1,3-4,7,10,15H,2,5-6,8-9,11-12H2,(H2,26,27,31). The second-order valence-corrected chi connectivity index (χ2v) is 9.82. The fourth-order valence-electron chi connectivity index (χ4n) is 4.76. The van der Waals surface area contributed by atoms with Crippen LogP contribution < -0.4 is 10.6 Å². The van der Waals surface area contributed by atoms with Crippen LogP contribution in [0.1, 0.15) is 35.2 Å². The van der Waals surface area contributed by atoms with Gasteiger partial charge in [0.25, 0.3) is 5.91 Å². The monoisotopic (exact) mass is 465 g/mol. The van der Waals surface area contributed by atoms with Crippen molar-refractivity contribution >= 4 is 29.4 Å². The number of rotatable bonds is 3. The maximum atomic E-state index is 12.8. The van der Waals surface area contributed by atoms with Crippen LogP contribution in [0.3, 0.4) is 0 Å². The Balaban J connectivity index is 1.10. The number of hydrogen-bond acceptors (Lipinski definition) is 4. The van der Waals surface area contributed by atoms with E-state index in [0.29, 0.717) is 18.7 Å². The van der Waals surface area contributed by atoms with Gasteiger partial charge in [-0.1, -0.05) is 6.07 Å². The van der Waals surface area contributed by atoms with Crippen molar-refractivity contribution in [2.75, 3.05) is 24.2 Å². The van der Waals surface area contributed by atoms with Crippen LogP contribution in [-0.4, -0.2) is 51.5 Å². The highest BCUT2D eigenvalue weighted by molar-refractivity contribution is 7.99. The maximum Gasteiger partial charge on any atom is 0.416 e. The number of nitrogens with zero attached hydrogens (tertiary/aromatic N) is 3. The number of amides is 3. The highest BCUT2D eigenvalue weighted by Gasteiger charge is 2.54. The van der Waals surface area contributed by atoms with Crippen LogP contribution in [0.15, 0.2) is 35.5 Å². The lowest BCUT2D eigenvalue weighted by molar-refractivity contribution is -0.137. The number of anilines is 1. The van der Waals surface area contributed by atoms with Gasteiger partial charge in [-0.25, -0.2) is 4.79 Å². The number of benzene rings is 1. The lowest BCUT2D eigenvalue weighted by Gasteiger charge is -2.59. The molecular weight excluding hydrogens is 443 g/mol. The average molecular weight is 466 g/mol. The summed E-state index contributed by atoms with van der Waals surface area (Å²) in [5.41, 5.74) is -0.0344. The fourth-order valence-corrected chi connectivity index (χ4v) is 5.81. The predicted molar refractivity (Wildman–Crippen MR) is 113 cm³/mol. The molecule has 3 heterocycles. The normalized spacial score (nSPS) is 19.7. The van der Waals surface area contributed by atoms with Gasteiger partial charge in [-0.15, -0.1) is 11.8 Å². The molecule has 2 aliphatic heterocycles. The summed E-state index contributed by atoms with van der Waals surface area (Å²) in [7, 11) is 0. The zero-order valence-electron chi connectivity index (χ0n) is 17.1. The van der Waals surface area contributed by atoms with E-state index in [0.717, 1.165) is 48.7 Å². The molecule has 0 radical (unpaired) electrons. The first-order chi connectivity index (χ1) is 15.2. The molecule has 2 fully saturated rings. The molecule has 3 amide bonds. The van der Waals surface area contributed by atoms with E-state index in [1.54, 1.807) is 18.0 Å². The molecule has 1 aromatic heterocycles. The molecule has 1 spiro atoms. The number of aryl methyl sites for hydroxylation is 1. The second kappa shape index (κ2) is 7.72. The molecule has 0 atom stereocenters. The van der Waals surface area contributed by atoms with Crippen LogP contribution in [0.2, 0.25) is 0 Å². The molecule has 0 unspecified atom stereocenters. The number of likely N-dealkylation sites (tertiary alicyclic amines) is 1. The first kappa shape index (κ1) is 21.2. The average Bonchev–Trinajstić information content (AvgIpc) is 3.12. The van der Waals surface area contributed by atoms with Gasteiger partial charge in [0, 0.05) is 42.5 Å². The Bertz CT molecular complexity index is 1060. The number of carbonyl (C=O) groups excluding carboxylic acids is 2. The molecule has 3 aliphatic rings. The van der Waals surface area contributed by atoms with Crippen molar-refractivity contribution in [1.82, 2.24) is 20.0 Å². The summed E-state index contributed by atoms with van der Waals surface area (Å²) in [6.07, 6.45) is -0.266. The van der Waals surface area contributed by atoms with Crippen molar-refractivity contribution in [3.8, 4) is 0 Å². The predicted octanol–water partition coefficient (Wildman–Crippen LogP) is 3.82. The zero-order chi connectivity index (χ0) is 22.5. The smallest absolute Gasteiger partial charge is 0.337 e. The van der Waals surface area contributed by atoms with Crippen molar-refractivity contribution in [1.29, 1.82) is 0 Å². The summed E-state index contributed by atoms with van der Waals surface area (Å²) < 4.78 is 40.3. The van der Waals surface area contributed by atoms with Crippen LogP contribution in [-0.2, 0) is 12.7 Å². The number of urea groups is 1. The SMILES string of the molecule is O=C(Nc1cccc(C(F)(F)F)c1)NC1CC2(C1)CN(C(=O)c1cnn3c1SCCC3)C2. The van der Waals surface area contributed by atoms with E-state index in [-0.39, 0.29) is 23.1 Å². The Kier molecular flexibility index (Phi) is 5.11. The Hall–Kier alpha value is -2.69. The quantitative estimate of drug-likeness (QED) is 0.722. The van der Waals surface area contributed by atoms with E-state index >= 15 is 0 Å².